The molecule has 4 heteroatoms. The van der Waals surface area contributed by atoms with E-state index in [1.807, 2.05) is 0 Å². The Balaban J connectivity index is 0.00000128. The number of aliphatic carboxylic acids is 1. The van der Waals surface area contributed by atoms with Gasteiger partial charge in [0.05, 0.1) is 0 Å². The third-order valence-corrected chi connectivity index (χ3v) is 4.35. The normalized spacial score (nSPS) is 23.1. The van der Waals surface area contributed by atoms with Crippen molar-refractivity contribution in [2.45, 2.75) is 51.0 Å². The van der Waals surface area contributed by atoms with Crippen LogP contribution in [0.3, 0.4) is 0 Å². The molecule has 3 N–H and O–H groups in total. The number of carbonyl (C=O) groups is 1. The minimum absolute atomic E-state index is 0. The van der Waals surface area contributed by atoms with Gasteiger partial charge in [-0.05, 0) is 24.2 Å². The third kappa shape index (κ3) is 2.89. The molecule has 0 saturated heterocycles. The van der Waals surface area contributed by atoms with E-state index >= 15 is 0 Å². The molecule has 94 valence electrons. The van der Waals surface area contributed by atoms with E-state index in [4.69, 9.17) is 10.8 Å². The molecule has 16 heavy (non-hydrogen) atoms. The van der Waals surface area contributed by atoms with E-state index < -0.39 is 12.0 Å². The second kappa shape index (κ2) is 5.87. The van der Waals surface area contributed by atoms with Gasteiger partial charge in [0.2, 0.25) is 0 Å². The summed E-state index contributed by atoms with van der Waals surface area (Å²) < 4.78 is 0. The molecule has 0 radical (unpaired) electrons. The summed E-state index contributed by atoms with van der Waals surface area (Å²) in [5, 5.41) is 8.85. The molecule has 2 fully saturated rings. The zero-order valence-corrected chi connectivity index (χ0v) is 10.4. The molecule has 0 aromatic heterocycles. The van der Waals surface area contributed by atoms with Gasteiger partial charge >= 0.3 is 5.97 Å². The molecule has 0 heterocycles. The molecule has 2 aliphatic carbocycles. The van der Waals surface area contributed by atoms with E-state index in [0.717, 1.165) is 11.8 Å². The quantitative estimate of drug-likeness (QED) is 0.784. The lowest BCUT2D eigenvalue weighted by Crippen LogP contribution is -2.40. The van der Waals surface area contributed by atoms with Crippen LogP contribution in [-0.4, -0.2) is 17.1 Å². The Morgan fingerprint density at radius 3 is 1.88 bits per heavy atom. The van der Waals surface area contributed by atoms with Crippen molar-refractivity contribution in [2.24, 2.45) is 23.5 Å². The molecule has 0 bridgehead atoms. The van der Waals surface area contributed by atoms with Crippen LogP contribution >= 0.6 is 12.4 Å². The van der Waals surface area contributed by atoms with Crippen LogP contribution in [0.25, 0.3) is 0 Å². The molecule has 1 atom stereocenters. The van der Waals surface area contributed by atoms with Crippen LogP contribution in [0.2, 0.25) is 0 Å². The molecule has 2 saturated carbocycles. The molecule has 0 amide bonds. The first-order valence-electron chi connectivity index (χ1n) is 6.17. The lowest BCUT2D eigenvalue weighted by Gasteiger charge is -2.43. The number of rotatable bonds is 5. The number of hydrogen-bond donors (Lipinski definition) is 2. The Hall–Kier alpha value is -0.280. The van der Waals surface area contributed by atoms with E-state index in [-0.39, 0.29) is 12.4 Å². The number of carboxylic acids is 1. The minimum Gasteiger partial charge on any atom is -0.480 e. The van der Waals surface area contributed by atoms with E-state index in [9.17, 15) is 4.79 Å². The van der Waals surface area contributed by atoms with Crippen LogP contribution in [0, 0.1) is 17.8 Å². The smallest absolute Gasteiger partial charge is 0.320 e. The van der Waals surface area contributed by atoms with Gasteiger partial charge in [-0.3, -0.25) is 4.79 Å². The second-order valence-corrected chi connectivity index (χ2v) is 5.23. The van der Waals surface area contributed by atoms with Gasteiger partial charge in [0, 0.05) is 0 Å². The van der Waals surface area contributed by atoms with Gasteiger partial charge in [-0.2, -0.15) is 0 Å². The monoisotopic (exact) mass is 247 g/mol. The van der Waals surface area contributed by atoms with Crippen molar-refractivity contribution in [1.82, 2.24) is 0 Å². The number of halogens is 1. The molecule has 0 spiro atoms. The number of hydrogen-bond acceptors (Lipinski definition) is 2. The highest BCUT2D eigenvalue weighted by molar-refractivity contribution is 5.85. The van der Waals surface area contributed by atoms with Crippen molar-refractivity contribution in [2.75, 3.05) is 0 Å². The van der Waals surface area contributed by atoms with Crippen LogP contribution in [0.15, 0.2) is 0 Å². The summed E-state index contributed by atoms with van der Waals surface area (Å²) in [7, 11) is 0. The van der Waals surface area contributed by atoms with Crippen molar-refractivity contribution >= 4 is 18.4 Å². The standard InChI is InChI=1S/C12H21NO2.ClH/c13-11(12(14)15)7-10(8-3-1-4-8)9-5-2-6-9;/h8-11H,1-7,13H2,(H,14,15);1H. The Labute approximate surface area is 103 Å². The Bertz CT molecular complexity index is 225. The first-order chi connectivity index (χ1) is 7.18. The lowest BCUT2D eigenvalue weighted by atomic mass is 9.63. The minimum atomic E-state index is -0.835. The molecular formula is C12H22ClNO2. The maximum Gasteiger partial charge on any atom is 0.320 e. The first kappa shape index (κ1) is 13.8. The largest absolute Gasteiger partial charge is 0.480 e. The molecule has 2 rings (SSSR count). The summed E-state index contributed by atoms with van der Waals surface area (Å²) in [4.78, 5) is 10.8. The Kier molecular flexibility index (Phi) is 5.06. The van der Waals surface area contributed by atoms with E-state index in [2.05, 4.69) is 0 Å². The number of carboxylic acid groups (broad SMARTS) is 1. The van der Waals surface area contributed by atoms with E-state index in [1.54, 1.807) is 0 Å². The van der Waals surface area contributed by atoms with Crippen LogP contribution in [0.5, 0.6) is 0 Å². The van der Waals surface area contributed by atoms with Gasteiger partial charge in [-0.25, -0.2) is 0 Å². The highest BCUT2D eigenvalue weighted by Crippen LogP contribution is 2.46. The molecule has 1 unspecified atom stereocenters. The fourth-order valence-electron chi connectivity index (χ4n) is 2.90. The van der Waals surface area contributed by atoms with Gasteiger partial charge in [0.25, 0.3) is 0 Å². The van der Waals surface area contributed by atoms with Gasteiger partial charge in [0.15, 0.2) is 0 Å². The average Bonchev–Trinajstić information content (AvgIpc) is 1.96. The highest BCUT2D eigenvalue weighted by Gasteiger charge is 2.37. The van der Waals surface area contributed by atoms with Crippen molar-refractivity contribution in [3.63, 3.8) is 0 Å². The van der Waals surface area contributed by atoms with Gasteiger partial charge in [-0.15, -0.1) is 12.4 Å². The number of nitrogens with two attached hydrogens (primary N) is 1. The SMILES string of the molecule is Cl.NC(CC(C1CCC1)C1CCC1)C(=O)O. The molecule has 0 aromatic rings. The van der Waals surface area contributed by atoms with Crippen molar-refractivity contribution < 1.29 is 9.90 Å². The van der Waals surface area contributed by atoms with Crippen molar-refractivity contribution in [1.29, 1.82) is 0 Å². The van der Waals surface area contributed by atoms with Crippen LogP contribution in [0.1, 0.15) is 44.9 Å². The predicted molar refractivity (Wildman–Crippen MR) is 65.6 cm³/mol. The van der Waals surface area contributed by atoms with Gasteiger partial charge in [-0.1, -0.05) is 38.5 Å². The molecule has 0 aromatic carbocycles. The average molecular weight is 248 g/mol. The van der Waals surface area contributed by atoms with Crippen molar-refractivity contribution in [3.8, 4) is 0 Å². The highest BCUT2D eigenvalue weighted by atomic mass is 35.5. The van der Waals surface area contributed by atoms with Gasteiger partial charge < -0.3 is 10.8 Å². The maximum atomic E-state index is 10.8. The zero-order chi connectivity index (χ0) is 10.8. The lowest BCUT2D eigenvalue weighted by molar-refractivity contribution is -0.139. The summed E-state index contributed by atoms with van der Waals surface area (Å²) in [6.45, 7) is 0. The maximum absolute atomic E-state index is 10.8. The molecule has 0 aliphatic heterocycles. The molecule has 3 nitrogen and oxygen atoms in total. The van der Waals surface area contributed by atoms with E-state index in [1.165, 1.54) is 38.5 Å². The summed E-state index contributed by atoms with van der Waals surface area (Å²) in [6.07, 6.45) is 8.55. The molecule has 2 aliphatic rings. The summed E-state index contributed by atoms with van der Waals surface area (Å²) in [5.41, 5.74) is 5.65. The first-order valence-corrected chi connectivity index (χ1v) is 6.17. The summed E-state index contributed by atoms with van der Waals surface area (Å²) >= 11 is 0. The fraction of sp³-hybridized carbons (Fsp3) is 0.917. The topological polar surface area (TPSA) is 63.3 Å². The Morgan fingerprint density at radius 1 is 1.19 bits per heavy atom. The van der Waals surface area contributed by atoms with Crippen molar-refractivity contribution in [3.05, 3.63) is 0 Å². The van der Waals surface area contributed by atoms with Gasteiger partial charge in [0.1, 0.15) is 6.04 Å². The third-order valence-electron chi connectivity index (χ3n) is 4.35. The summed E-state index contributed by atoms with van der Waals surface area (Å²) in [5.74, 6) is 1.32. The summed E-state index contributed by atoms with van der Waals surface area (Å²) in [6, 6.07) is -0.642. The van der Waals surface area contributed by atoms with Crippen LogP contribution < -0.4 is 5.73 Å². The Morgan fingerprint density at radius 2 is 1.62 bits per heavy atom. The van der Waals surface area contributed by atoms with Crippen LogP contribution in [-0.2, 0) is 4.79 Å². The fourth-order valence-corrected chi connectivity index (χ4v) is 2.90. The second-order valence-electron chi connectivity index (χ2n) is 5.23. The van der Waals surface area contributed by atoms with E-state index in [0.29, 0.717) is 12.3 Å². The van der Waals surface area contributed by atoms with Crippen LogP contribution in [0.4, 0.5) is 0 Å². The zero-order valence-electron chi connectivity index (χ0n) is 9.60. The predicted octanol–water partition coefficient (Wildman–Crippen LogP) is 2.43. The molecular weight excluding hydrogens is 226 g/mol.